The van der Waals surface area contributed by atoms with Crippen molar-refractivity contribution in [3.05, 3.63) is 59.7 Å². The van der Waals surface area contributed by atoms with Crippen LogP contribution in [0, 0.1) is 12.8 Å². The van der Waals surface area contributed by atoms with Gasteiger partial charge in [-0.05, 0) is 68.1 Å². The van der Waals surface area contributed by atoms with Gasteiger partial charge in [0.05, 0.1) is 22.6 Å². The highest BCUT2D eigenvalue weighted by molar-refractivity contribution is 7.90. The summed E-state index contributed by atoms with van der Waals surface area (Å²) in [6.45, 7) is 4.98. The molecule has 0 bridgehead atoms. The third-order valence-electron chi connectivity index (χ3n) is 6.50. The largest absolute Gasteiger partial charge is 0.492 e. The molecule has 0 radical (unpaired) electrons. The number of hydrogen-bond donors (Lipinski definition) is 0. The Morgan fingerprint density at radius 3 is 2.50 bits per heavy atom. The summed E-state index contributed by atoms with van der Waals surface area (Å²) in [6, 6.07) is 14.9. The molecule has 178 valence electrons. The van der Waals surface area contributed by atoms with E-state index < -0.39 is 9.84 Å². The van der Waals surface area contributed by atoms with Gasteiger partial charge in [0, 0.05) is 37.8 Å². The topological polar surface area (TPSA) is 79.8 Å². The van der Waals surface area contributed by atoms with Gasteiger partial charge in [-0.1, -0.05) is 11.6 Å². The number of carbonyl (C=O) groups is 1. The Morgan fingerprint density at radius 1 is 1.03 bits per heavy atom. The number of hydrogen-bond acceptors (Lipinski definition) is 6. The maximum atomic E-state index is 13.4. The smallest absolute Gasteiger partial charge is 0.257 e. The molecular weight excluding hydrogens is 450 g/mol. The molecular formula is C26H29N3O4S. The van der Waals surface area contributed by atoms with Crippen molar-refractivity contribution in [3.63, 3.8) is 0 Å². The number of anilines is 1. The third-order valence-corrected chi connectivity index (χ3v) is 7.61. The average Bonchev–Trinajstić information content (AvgIpc) is 3.66. The molecule has 2 heterocycles. The average molecular weight is 480 g/mol. The van der Waals surface area contributed by atoms with Crippen LogP contribution in [0.2, 0.25) is 0 Å². The van der Waals surface area contributed by atoms with Gasteiger partial charge in [0.1, 0.15) is 11.6 Å². The van der Waals surface area contributed by atoms with E-state index in [0.29, 0.717) is 50.0 Å². The fourth-order valence-corrected chi connectivity index (χ4v) is 4.89. The number of pyridine rings is 1. The molecule has 8 heteroatoms. The summed E-state index contributed by atoms with van der Waals surface area (Å²) < 4.78 is 30.1. The maximum Gasteiger partial charge on any atom is 0.257 e. The number of benzene rings is 2. The quantitative estimate of drug-likeness (QED) is 0.536. The van der Waals surface area contributed by atoms with E-state index in [1.54, 1.807) is 11.0 Å². The normalized spacial score (nSPS) is 16.6. The Balaban J connectivity index is 1.32. The Morgan fingerprint density at radius 2 is 1.79 bits per heavy atom. The van der Waals surface area contributed by atoms with E-state index in [1.165, 1.54) is 17.7 Å². The first-order valence-corrected chi connectivity index (χ1v) is 13.6. The van der Waals surface area contributed by atoms with Crippen LogP contribution in [0.5, 0.6) is 5.75 Å². The Hall–Kier alpha value is -3.13. The fourth-order valence-electron chi connectivity index (χ4n) is 4.24. The molecule has 5 rings (SSSR count). The molecule has 1 aromatic heterocycles. The summed E-state index contributed by atoms with van der Waals surface area (Å²) in [6.07, 6.45) is 3.42. The summed E-state index contributed by atoms with van der Waals surface area (Å²) in [5, 5.41) is 1.11. The lowest BCUT2D eigenvalue weighted by Crippen LogP contribution is -2.49. The summed E-state index contributed by atoms with van der Waals surface area (Å²) in [4.78, 5) is 22.3. The Bertz CT molecular complexity index is 1340. The van der Waals surface area contributed by atoms with E-state index in [9.17, 15) is 13.2 Å². The summed E-state index contributed by atoms with van der Waals surface area (Å²) in [5.74, 6) is 1.69. The number of piperazine rings is 1. The minimum atomic E-state index is -3.43. The second-order valence-electron chi connectivity index (χ2n) is 9.33. The molecule has 7 nitrogen and oxygen atoms in total. The van der Waals surface area contributed by atoms with Gasteiger partial charge >= 0.3 is 0 Å². The molecule has 2 aliphatic rings. The predicted octanol–water partition coefficient (Wildman–Crippen LogP) is 3.70. The number of aromatic nitrogens is 1. The first-order valence-electron chi connectivity index (χ1n) is 11.7. The number of aryl methyl sites for hydroxylation is 1. The number of ether oxygens (including phenoxy) is 1. The van der Waals surface area contributed by atoms with E-state index >= 15 is 0 Å². The lowest BCUT2D eigenvalue weighted by molar-refractivity contribution is 0.0741. The van der Waals surface area contributed by atoms with Gasteiger partial charge in [-0.3, -0.25) is 4.79 Å². The lowest BCUT2D eigenvalue weighted by atomic mass is 10.1. The number of sulfone groups is 1. The van der Waals surface area contributed by atoms with Crippen molar-refractivity contribution in [3.8, 4) is 5.75 Å². The molecule has 1 amide bonds. The Kier molecular flexibility index (Phi) is 5.93. The molecule has 1 aliphatic carbocycles. The number of carbonyl (C=O) groups excluding carboxylic acids is 1. The van der Waals surface area contributed by atoms with Gasteiger partial charge in [-0.2, -0.15) is 0 Å². The molecule has 0 spiro atoms. The van der Waals surface area contributed by atoms with E-state index in [2.05, 4.69) is 30.0 Å². The monoisotopic (exact) mass is 479 g/mol. The maximum absolute atomic E-state index is 13.4. The molecule has 3 aromatic rings. The molecule has 1 saturated carbocycles. The second-order valence-corrected chi connectivity index (χ2v) is 11.3. The second kappa shape index (κ2) is 8.91. The highest BCUT2D eigenvalue weighted by Gasteiger charge is 2.28. The molecule has 1 saturated heterocycles. The Labute approximate surface area is 200 Å². The first kappa shape index (κ1) is 22.7. The highest BCUT2D eigenvalue weighted by atomic mass is 32.2. The zero-order valence-electron chi connectivity index (χ0n) is 19.5. The van der Waals surface area contributed by atoms with E-state index in [-0.39, 0.29) is 10.8 Å². The van der Waals surface area contributed by atoms with Crippen LogP contribution in [0.4, 0.5) is 5.82 Å². The SMILES string of the molecule is Cc1ccc2nc(N3CCN(C(=O)c4cc(S(C)(=O)=O)ccc4OCC4CC4)CC3)ccc2c1. The van der Waals surface area contributed by atoms with E-state index in [1.807, 2.05) is 12.1 Å². The van der Waals surface area contributed by atoms with Crippen LogP contribution < -0.4 is 9.64 Å². The molecule has 1 aliphatic heterocycles. The van der Waals surface area contributed by atoms with Crippen molar-refractivity contribution >= 4 is 32.5 Å². The number of amides is 1. The minimum absolute atomic E-state index is 0.129. The van der Waals surface area contributed by atoms with Gasteiger partial charge in [0.15, 0.2) is 9.84 Å². The van der Waals surface area contributed by atoms with Crippen molar-refractivity contribution in [2.75, 3.05) is 43.9 Å². The molecule has 0 unspecified atom stereocenters. The zero-order valence-corrected chi connectivity index (χ0v) is 20.3. The van der Waals surface area contributed by atoms with Gasteiger partial charge < -0.3 is 14.5 Å². The van der Waals surface area contributed by atoms with Crippen LogP contribution in [0.3, 0.4) is 0 Å². The van der Waals surface area contributed by atoms with Crippen molar-refractivity contribution in [2.24, 2.45) is 5.92 Å². The van der Waals surface area contributed by atoms with Crippen LogP contribution in [0.25, 0.3) is 10.9 Å². The number of fused-ring (bicyclic) bond motifs is 1. The van der Waals surface area contributed by atoms with Crippen molar-refractivity contribution < 1.29 is 17.9 Å². The molecule has 34 heavy (non-hydrogen) atoms. The van der Waals surface area contributed by atoms with Gasteiger partial charge in [0.2, 0.25) is 0 Å². The fraction of sp³-hybridized carbons (Fsp3) is 0.385. The van der Waals surface area contributed by atoms with E-state index in [4.69, 9.17) is 9.72 Å². The number of nitrogens with zero attached hydrogens (tertiary/aromatic N) is 3. The minimum Gasteiger partial charge on any atom is -0.492 e. The summed E-state index contributed by atoms with van der Waals surface area (Å²) in [5.41, 5.74) is 2.47. The summed E-state index contributed by atoms with van der Waals surface area (Å²) >= 11 is 0. The van der Waals surface area contributed by atoms with Gasteiger partial charge in [-0.25, -0.2) is 13.4 Å². The summed E-state index contributed by atoms with van der Waals surface area (Å²) in [7, 11) is -3.43. The third kappa shape index (κ3) is 4.87. The predicted molar refractivity (Wildman–Crippen MR) is 132 cm³/mol. The van der Waals surface area contributed by atoms with Crippen molar-refractivity contribution in [2.45, 2.75) is 24.7 Å². The number of rotatable bonds is 6. The first-order chi connectivity index (χ1) is 16.3. The standard InChI is InChI=1S/C26H29N3O4S/c1-18-3-8-23-20(15-18)6-10-25(27-23)28-11-13-29(14-12-28)26(30)22-16-21(34(2,31)32)7-9-24(22)33-17-19-4-5-19/h3,6-10,15-16,19H,4-5,11-14,17H2,1-2H3. The van der Waals surface area contributed by atoms with Crippen LogP contribution in [0.1, 0.15) is 28.8 Å². The molecule has 2 aromatic carbocycles. The highest BCUT2D eigenvalue weighted by Crippen LogP contribution is 2.32. The molecule has 2 fully saturated rings. The van der Waals surface area contributed by atoms with Crippen molar-refractivity contribution in [1.29, 1.82) is 0 Å². The van der Waals surface area contributed by atoms with Gasteiger partial charge in [-0.15, -0.1) is 0 Å². The van der Waals surface area contributed by atoms with Crippen LogP contribution in [-0.2, 0) is 9.84 Å². The van der Waals surface area contributed by atoms with Crippen LogP contribution in [-0.4, -0.2) is 63.3 Å². The lowest BCUT2D eigenvalue weighted by Gasteiger charge is -2.35. The van der Waals surface area contributed by atoms with Gasteiger partial charge in [0.25, 0.3) is 5.91 Å². The van der Waals surface area contributed by atoms with E-state index in [0.717, 1.165) is 35.8 Å². The van der Waals surface area contributed by atoms with Crippen LogP contribution >= 0.6 is 0 Å². The van der Waals surface area contributed by atoms with Crippen molar-refractivity contribution in [1.82, 2.24) is 9.88 Å². The van der Waals surface area contributed by atoms with Crippen LogP contribution in [0.15, 0.2) is 53.4 Å². The zero-order chi connectivity index (χ0) is 23.9. The molecule has 0 atom stereocenters. The molecule has 0 N–H and O–H groups in total.